The van der Waals surface area contributed by atoms with E-state index in [-0.39, 0.29) is 5.78 Å². The highest BCUT2D eigenvalue weighted by Gasteiger charge is 2.42. The van der Waals surface area contributed by atoms with Gasteiger partial charge in [0.1, 0.15) is 16.9 Å². The number of carbonyl (C=O) groups excluding carboxylic acids is 1. The van der Waals surface area contributed by atoms with E-state index in [2.05, 4.69) is 0 Å². The molecule has 1 aromatic heterocycles. The highest BCUT2D eigenvalue weighted by Crippen LogP contribution is 2.45. The molecule has 1 aliphatic carbocycles. The Morgan fingerprint density at radius 2 is 1.68 bits per heavy atom. The molecular formula is C24H22O4. The first-order valence-electron chi connectivity index (χ1n) is 9.95. The van der Waals surface area contributed by atoms with Crippen LogP contribution in [0, 0.1) is 6.92 Å². The van der Waals surface area contributed by atoms with Gasteiger partial charge in [-0.15, -0.1) is 0 Å². The van der Waals surface area contributed by atoms with Gasteiger partial charge in [0.25, 0.3) is 0 Å². The summed E-state index contributed by atoms with van der Waals surface area (Å²) in [5.41, 5.74) is 2.76. The molecule has 2 heterocycles. The molecule has 0 atom stereocenters. The molecule has 1 spiro atoms. The van der Waals surface area contributed by atoms with Crippen LogP contribution in [0.3, 0.4) is 0 Å². The van der Waals surface area contributed by atoms with Gasteiger partial charge < -0.3 is 9.15 Å². The Balaban J connectivity index is 1.75. The molecule has 0 amide bonds. The minimum absolute atomic E-state index is 0.123. The predicted molar refractivity (Wildman–Crippen MR) is 108 cm³/mol. The molecule has 142 valence electrons. The van der Waals surface area contributed by atoms with Crippen LogP contribution in [0.4, 0.5) is 0 Å². The van der Waals surface area contributed by atoms with Crippen molar-refractivity contribution >= 4 is 16.8 Å². The molecule has 0 bridgehead atoms. The summed E-state index contributed by atoms with van der Waals surface area (Å²) >= 11 is 0. The number of aryl methyl sites for hydroxylation is 1. The number of benzene rings is 2. The van der Waals surface area contributed by atoms with Crippen molar-refractivity contribution < 1.29 is 13.9 Å². The average molecular weight is 374 g/mol. The minimum Gasteiger partial charge on any atom is -0.486 e. The molecule has 0 unspecified atom stereocenters. The van der Waals surface area contributed by atoms with Crippen LogP contribution in [0.25, 0.3) is 22.1 Å². The summed E-state index contributed by atoms with van der Waals surface area (Å²) in [6.45, 7) is 1.88. The van der Waals surface area contributed by atoms with Crippen molar-refractivity contribution in [1.29, 1.82) is 0 Å². The minimum atomic E-state index is -0.399. The van der Waals surface area contributed by atoms with Crippen molar-refractivity contribution in [1.82, 2.24) is 0 Å². The van der Waals surface area contributed by atoms with Gasteiger partial charge in [0, 0.05) is 17.0 Å². The summed E-state index contributed by atoms with van der Waals surface area (Å²) in [4.78, 5) is 25.4. The molecule has 2 aromatic carbocycles. The maximum atomic E-state index is 13.1. The molecule has 4 heteroatoms. The van der Waals surface area contributed by atoms with Gasteiger partial charge in [0.05, 0.1) is 12.0 Å². The third kappa shape index (κ3) is 2.67. The molecular weight excluding hydrogens is 352 g/mol. The van der Waals surface area contributed by atoms with Crippen LogP contribution < -0.4 is 10.4 Å². The first-order valence-corrected chi connectivity index (χ1v) is 9.95. The molecule has 28 heavy (non-hydrogen) atoms. The number of carbonyl (C=O) groups is 1. The summed E-state index contributed by atoms with van der Waals surface area (Å²) in [5.74, 6) is 0.720. The number of ketones is 1. The molecule has 2 aliphatic rings. The van der Waals surface area contributed by atoms with E-state index in [1.165, 1.54) is 12.5 Å². The third-order valence-corrected chi connectivity index (χ3v) is 6.17. The van der Waals surface area contributed by atoms with E-state index >= 15 is 0 Å². The second-order valence-electron chi connectivity index (χ2n) is 8.05. The van der Waals surface area contributed by atoms with Gasteiger partial charge in [-0.2, -0.15) is 0 Å². The molecule has 0 N–H and O–H groups in total. The van der Waals surface area contributed by atoms with Crippen molar-refractivity contribution in [3.63, 3.8) is 0 Å². The van der Waals surface area contributed by atoms with Crippen LogP contribution in [0.5, 0.6) is 5.75 Å². The molecule has 0 saturated heterocycles. The molecule has 1 aliphatic heterocycles. The highest BCUT2D eigenvalue weighted by molar-refractivity contribution is 6.07. The van der Waals surface area contributed by atoms with E-state index < -0.39 is 11.2 Å². The van der Waals surface area contributed by atoms with Crippen LogP contribution in [-0.4, -0.2) is 11.4 Å². The quantitative estimate of drug-likeness (QED) is 0.533. The topological polar surface area (TPSA) is 56.5 Å². The Labute approximate surface area is 163 Å². The fraction of sp³-hybridized carbons (Fsp3) is 0.333. The number of Topliss-reactive ketones (excluding diaryl/α,β-unsaturated/α-hetero) is 1. The average Bonchev–Trinajstić information content (AvgIpc) is 2.70. The van der Waals surface area contributed by atoms with Crippen LogP contribution in [0.2, 0.25) is 0 Å². The van der Waals surface area contributed by atoms with Crippen LogP contribution >= 0.6 is 0 Å². The number of rotatable bonds is 1. The summed E-state index contributed by atoms with van der Waals surface area (Å²) in [5, 5.41) is 0.776. The first-order chi connectivity index (χ1) is 13.6. The summed E-state index contributed by atoms with van der Waals surface area (Å²) in [7, 11) is 0. The molecule has 1 fully saturated rings. The van der Waals surface area contributed by atoms with Gasteiger partial charge in [0.2, 0.25) is 0 Å². The Kier molecular flexibility index (Phi) is 3.90. The van der Waals surface area contributed by atoms with E-state index in [9.17, 15) is 9.59 Å². The van der Waals surface area contributed by atoms with Crippen molar-refractivity contribution in [3.05, 3.63) is 64.0 Å². The fourth-order valence-electron chi connectivity index (χ4n) is 4.75. The lowest BCUT2D eigenvalue weighted by molar-refractivity contribution is 0.0131. The van der Waals surface area contributed by atoms with Gasteiger partial charge in [0.15, 0.2) is 5.78 Å². The Morgan fingerprint density at radius 1 is 0.929 bits per heavy atom. The van der Waals surface area contributed by atoms with Gasteiger partial charge in [-0.05, 0) is 49.8 Å². The van der Waals surface area contributed by atoms with Crippen molar-refractivity contribution in [2.75, 3.05) is 0 Å². The fourth-order valence-corrected chi connectivity index (χ4v) is 4.75. The third-order valence-electron chi connectivity index (χ3n) is 6.17. The van der Waals surface area contributed by atoms with Crippen molar-refractivity contribution in [2.24, 2.45) is 0 Å². The zero-order valence-electron chi connectivity index (χ0n) is 15.9. The smallest absolute Gasteiger partial charge is 0.336 e. The number of hydrogen-bond acceptors (Lipinski definition) is 4. The predicted octanol–water partition coefficient (Wildman–Crippen LogP) is 5.44. The van der Waals surface area contributed by atoms with Gasteiger partial charge in [-0.25, -0.2) is 4.79 Å². The van der Waals surface area contributed by atoms with E-state index in [0.717, 1.165) is 47.8 Å². The Morgan fingerprint density at radius 3 is 2.43 bits per heavy atom. The van der Waals surface area contributed by atoms with Crippen molar-refractivity contribution in [3.8, 4) is 16.9 Å². The number of hydrogen-bond donors (Lipinski definition) is 0. The van der Waals surface area contributed by atoms with Crippen LogP contribution in [0.15, 0.2) is 51.7 Å². The van der Waals surface area contributed by atoms with E-state index in [4.69, 9.17) is 9.15 Å². The summed E-state index contributed by atoms with van der Waals surface area (Å²) < 4.78 is 12.1. The summed E-state index contributed by atoms with van der Waals surface area (Å²) in [6, 6.07) is 13.1. The SMILES string of the molecule is Cc1c2c(cc3c(-c4ccccc4)cc(=O)oc13)C(=O)CC1(CCCCC1)O2. The lowest BCUT2D eigenvalue weighted by atomic mass is 9.78. The van der Waals surface area contributed by atoms with Gasteiger partial charge >= 0.3 is 5.63 Å². The molecule has 5 rings (SSSR count). The second-order valence-corrected chi connectivity index (χ2v) is 8.05. The zero-order valence-corrected chi connectivity index (χ0v) is 15.9. The first kappa shape index (κ1) is 17.2. The van der Waals surface area contributed by atoms with E-state index in [0.29, 0.717) is 23.3 Å². The van der Waals surface area contributed by atoms with Crippen LogP contribution in [-0.2, 0) is 0 Å². The molecule has 0 radical (unpaired) electrons. The van der Waals surface area contributed by atoms with E-state index in [1.807, 2.05) is 43.3 Å². The van der Waals surface area contributed by atoms with Gasteiger partial charge in [-0.3, -0.25) is 4.79 Å². The van der Waals surface area contributed by atoms with E-state index in [1.54, 1.807) is 0 Å². The Hall–Kier alpha value is -2.88. The highest BCUT2D eigenvalue weighted by atomic mass is 16.5. The number of ether oxygens (including phenoxy) is 1. The summed E-state index contributed by atoms with van der Waals surface area (Å²) in [6.07, 6.45) is 5.61. The second kappa shape index (κ2) is 6.33. The lowest BCUT2D eigenvalue weighted by Crippen LogP contribution is -2.43. The lowest BCUT2D eigenvalue weighted by Gasteiger charge is -2.41. The normalized spacial score (nSPS) is 18.1. The standard InChI is InChI=1S/C24H22O4/c1-15-22-18(17(13-21(26)27-22)16-8-4-2-5-9-16)12-19-20(25)14-24(28-23(15)19)10-6-3-7-11-24/h2,4-5,8-9,12-13H,3,6-7,10-11,14H2,1H3. The van der Waals surface area contributed by atoms with Crippen LogP contribution in [0.1, 0.15) is 54.4 Å². The maximum Gasteiger partial charge on any atom is 0.336 e. The van der Waals surface area contributed by atoms with Gasteiger partial charge in [-0.1, -0.05) is 36.8 Å². The maximum absolute atomic E-state index is 13.1. The largest absolute Gasteiger partial charge is 0.486 e. The zero-order chi connectivity index (χ0) is 19.3. The molecule has 4 nitrogen and oxygen atoms in total. The monoisotopic (exact) mass is 374 g/mol. The Bertz CT molecular complexity index is 1130. The molecule has 1 saturated carbocycles. The number of fused-ring (bicyclic) bond motifs is 2. The molecule has 3 aromatic rings. The van der Waals surface area contributed by atoms with Crippen molar-refractivity contribution in [2.45, 2.75) is 51.0 Å².